The molecule has 1 aliphatic heterocycles. The van der Waals surface area contributed by atoms with Crippen molar-refractivity contribution < 1.29 is 9.59 Å². The molecule has 0 bridgehead atoms. The zero-order valence-corrected chi connectivity index (χ0v) is 18.5. The zero-order chi connectivity index (χ0) is 21.5. The van der Waals surface area contributed by atoms with E-state index in [-0.39, 0.29) is 11.8 Å². The number of nitrogens with one attached hydrogen (secondary N) is 1. The van der Waals surface area contributed by atoms with Gasteiger partial charge < -0.3 is 10.2 Å². The summed E-state index contributed by atoms with van der Waals surface area (Å²) < 4.78 is 0. The van der Waals surface area contributed by atoms with Crippen molar-refractivity contribution in [2.24, 2.45) is 0 Å². The lowest BCUT2D eigenvalue weighted by molar-refractivity contribution is -0.118. The van der Waals surface area contributed by atoms with E-state index in [1.54, 1.807) is 6.07 Å². The number of benzene rings is 2. The van der Waals surface area contributed by atoms with Gasteiger partial charge in [-0.05, 0) is 62.6 Å². The highest BCUT2D eigenvalue weighted by atomic mass is 35.5. The van der Waals surface area contributed by atoms with Crippen LogP contribution in [0.3, 0.4) is 0 Å². The molecule has 1 fully saturated rings. The third-order valence-electron chi connectivity index (χ3n) is 5.60. The molecule has 0 aromatic heterocycles. The molecule has 2 amide bonds. The predicted molar refractivity (Wildman–Crippen MR) is 122 cm³/mol. The van der Waals surface area contributed by atoms with Gasteiger partial charge in [0.05, 0.1) is 6.54 Å². The lowest BCUT2D eigenvalue weighted by Gasteiger charge is -2.38. The van der Waals surface area contributed by atoms with Gasteiger partial charge >= 0.3 is 0 Å². The maximum atomic E-state index is 12.7. The third-order valence-corrected chi connectivity index (χ3v) is 6.01. The fourth-order valence-electron chi connectivity index (χ4n) is 3.93. The van der Waals surface area contributed by atoms with E-state index < -0.39 is 0 Å². The second-order valence-electron chi connectivity index (χ2n) is 7.87. The number of likely N-dealkylation sites (tertiary alicyclic amines) is 1. The second kappa shape index (κ2) is 10.6. The van der Waals surface area contributed by atoms with E-state index in [0.717, 1.165) is 42.6 Å². The molecule has 2 aromatic rings. The molecule has 6 heteroatoms. The van der Waals surface area contributed by atoms with Gasteiger partial charge in [-0.3, -0.25) is 14.5 Å². The maximum absolute atomic E-state index is 12.7. The SMILES string of the molecule is CCCN(CC(=O)Nc1ccc(C)c(Cl)c1)C1CCN(C(=O)c2ccccc2)CC1. The number of hydrogen-bond donors (Lipinski definition) is 1. The Hall–Kier alpha value is -2.37. The Morgan fingerprint density at radius 2 is 1.83 bits per heavy atom. The first-order valence-corrected chi connectivity index (χ1v) is 11.0. The quantitative estimate of drug-likeness (QED) is 0.702. The first kappa shape index (κ1) is 22.3. The van der Waals surface area contributed by atoms with Crippen LogP contribution in [0.25, 0.3) is 0 Å². The van der Waals surface area contributed by atoms with Gasteiger partial charge in [0.1, 0.15) is 0 Å². The van der Waals surface area contributed by atoms with Gasteiger partial charge in [0, 0.05) is 35.4 Å². The lowest BCUT2D eigenvalue weighted by Crippen LogP contribution is -2.49. The van der Waals surface area contributed by atoms with Crippen LogP contribution in [0.1, 0.15) is 42.1 Å². The summed E-state index contributed by atoms with van der Waals surface area (Å²) in [6.07, 6.45) is 2.73. The summed E-state index contributed by atoms with van der Waals surface area (Å²) in [6, 6.07) is 15.3. The largest absolute Gasteiger partial charge is 0.339 e. The Kier molecular flexibility index (Phi) is 7.88. The number of carbonyl (C=O) groups excluding carboxylic acids is 2. The minimum absolute atomic E-state index is 0.0360. The van der Waals surface area contributed by atoms with E-state index in [9.17, 15) is 9.59 Å². The molecule has 1 N–H and O–H groups in total. The molecule has 5 nitrogen and oxygen atoms in total. The summed E-state index contributed by atoms with van der Waals surface area (Å²) in [5.74, 6) is 0.0521. The molecule has 2 aromatic carbocycles. The van der Waals surface area contributed by atoms with Crippen molar-refractivity contribution in [1.29, 1.82) is 0 Å². The van der Waals surface area contributed by atoms with Crippen molar-refractivity contribution in [2.75, 3.05) is 31.5 Å². The molecule has 1 saturated heterocycles. The standard InChI is InChI=1S/C24H30ClN3O2/c1-3-13-28(17-23(29)26-20-10-9-18(2)22(25)16-20)21-11-14-27(15-12-21)24(30)19-7-5-4-6-8-19/h4-10,16,21H,3,11-15,17H2,1-2H3,(H,26,29). The molecule has 0 atom stereocenters. The maximum Gasteiger partial charge on any atom is 0.253 e. The highest BCUT2D eigenvalue weighted by molar-refractivity contribution is 6.31. The van der Waals surface area contributed by atoms with Gasteiger partial charge in [-0.25, -0.2) is 0 Å². The number of piperidine rings is 1. The number of halogens is 1. The van der Waals surface area contributed by atoms with E-state index in [2.05, 4.69) is 17.1 Å². The fourth-order valence-corrected chi connectivity index (χ4v) is 4.11. The summed E-state index contributed by atoms with van der Waals surface area (Å²) >= 11 is 6.16. The van der Waals surface area contributed by atoms with Crippen LogP contribution in [-0.4, -0.2) is 53.8 Å². The minimum Gasteiger partial charge on any atom is -0.339 e. The molecule has 0 saturated carbocycles. The van der Waals surface area contributed by atoms with Crippen LogP contribution >= 0.6 is 11.6 Å². The highest BCUT2D eigenvalue weighted by Crippen LogP contribution is 2.21. The molecule has 30 heavy (non-hydrogen) atoms. The van der Waals surface area contributed by atoms with Gasteiger partial charge in [0.2, 0.25) is 5.91 Å². The van der Waals surface area contributed by atoms with Crippen LogP contribution < -0.4 is 5.32 Å². The minimum atomic E-state index is -0.0360. The van der Waals surface area contributed by atoms with E-state index in [1.807, 2.05) is 54.3 Å². The first-order chi connectivity index (χ1) is 14.5. The molecular weight excluding hydrogens is 398 g/mol. The van der Waals surface area contributed by atoms with Gasteiger partial charge in [-0.2, -0.15) is 0 Å². The highest BCUT2D eigenvalue weighted by Gasteiger charge is 2.28. The van der Waals surface area contributed by atoms with Crippen molar-refractivity contribution in [2.45, 2.75) is 39.2 Å². The monoisotopic (exact) mass is 427 g/mol. The second-order valence-corrected chi connectivity index (χ2v) is 8.28. The van der Waals surface area contributed by atoms with E-state index >= 15 is 0 Å². The molecular formula is C24H30ClN3O2. The third kappa shape index (κ3) is 5.83. The number of anilines is 1. The molecule has 3 rings (SSSR count). The average Bonchev–Trinajstić information content (AvgIpc) is 2.76. The van der Waals surface area contributed by atoms with Crippen LogP contribution in [0.5, 0.6) is 0 Å². The number of rotatable bonds is 7. The molecule has 160 valence electrons. The summed E-state index contributed by atoms with van der Waals surface area (Å²) in [5, 5.41) is 3.60. The van der Waals surface area contributed by atoms with Gasteiger partial charge in [-0.15, -0.1) is 0 Å². The number of amides is 2. The summed E-state index contributed by atoms with van der Waals surface area (Å²) in [7, 11) is 0. The first-order valence-electron chi connectivity index (χ1n) is 10.6. The van der Waals surface area contributed by atoms with Crippen molar-refractivity contribution in [3.05, 3.63) is 64.7 Å². The van der Waals surface area contributed by atoms with Crippen molar-refractivity contribution in [3.63, 3.8) is 0 Å². The van der Waals surface area contributed by atoms with Gasteiger partial charge in [0.15, 0.2) is 0 Å². The zero-order valence-electron chi connectivity index (χ0n) is 17.7. The average molecular weight is 428 g/mol. The van der Waals surface area contributed by atoms with Crippen LogP contribution in [0, 0.1) is 6.92 Å². The lowest BCUT2D eigenvalue weighted by atomic mass is 10.0. The normalized spacial score (nSPS) is 14.7. The molecule has 0 unspecified atom stereocenters. The molecule has 1 aliphatic rings. The fraction of sp³-hybridized carbons (Fsp3) is 0.417. The van der Waals surface area contributed by atoms with Crippen LogP contribution in [-0.2, 0) is 4.79 Å². The summed E-state index contributed by atoms with van der Waals surface area (Å²) in [4.78, 5) is 29.5. The number of aryl methyl sites for hydroxylation is 1. The van der Waals surface area contributed by atoms with Gasteiger partial charge in [-0.1, -0.05) is 42.8 Å². The smallest absolute Gasteiger partial charge is 0.253 e. The van der Waals surface area contributed by atoms with E-state index in [4.69, 9.17) is 11.6 Å². The van der Waals surface area contributed by atoms with Crippen molar-refractivity contribution in [1.82, 2.24) is 9.80 Å². The topological polar surface area (TPSA) is 52.7 Å². The summed E-state index contributed by atoms with van der Waals surface area (Å²) in [6.45, 7) is 6.70. The summed E-state index contributed by atoms with van der Waals surface area (Å²) in [5.41, 5.74) is 2.44. The molecule has 0 radical (unpaired) electrons. The Bertz CT molecular complexity index is 864. The van der Waals surface area contributed by atoms with Crippen LogP contribution in [0.15, 0.2) is 48.5 Å². The van der Waals surface area contributed by atoms with Gasteiger partial charge in [0.25, 0.3) is 5.91 Å². The van der Waals surface area contributed by atoms with Crippen LogP contribution in [0.2, 0.25) is 5.02 Å². The molecule has 1 heterocycles. The van der Waals surface area contributed by atoms with Crippen molar-refractivity contribution in [3.8, 4) is 0 Å². The molecule has 0 spiro atoms. The Morgan fingerprint density at radius 3 is 2.47 bits per heavy atom. The van der Waals surface area contributed by atoms with E-state index in [1.165, 1.54) is 0 Å². The van der Waals surface area contributed by atoms with Crippen LogP contribution in [0.4, 0.5) is 5.69 Å². The van der Waals surface area contributed by atoms with Crippen molar-refractivity contribution >= 4 is 29.1 Å². The van der Waals surface area contributed by atoms with E-state index in [0.29, 0.717) is 30.7 Å². The number of nitrogens with zero attached hydrogens (tertiary/aromatic N) is 2. The Morgan fingerprint density at radius 1 is 1.13 bits per heavy atom. The molecule has 0 aliphatic carbocycles. The Labute approximate surface area is 184 Å². The number of hydrogen-bond acceptors (Lipinski definition) is 3. The predicted octanol–water partition coefficient (Wildman–Crippen LogP) is 4.60. The number of carbonyl (C=O) groups is 2. The Balaban J connectivity index is 1.55.